The molecule has 0 aliphatic rings. The third kappa shape index (κ3) is 4.43. The average molecular weight is 385 g/mol. The van der Waals surface area contributed by atoms with Crippen molar-refractivity contribution in [3.63, 3.8) is 0 Å². The number of phenols is 1. The van der Waals surface area contributed by atoms with E-state index < -0.39 is 0 Å². The van der Waals surface area contributed by atoms with Crippen molar-refractivity contribution < 1.29 is 9.90 Å². The molecular weight excluding hydrogens is 373 g/mol. The highest BCUT2D eigenvalue weighted by atomic mass is 127. The number of halogens is 1. The summed E-state index contributed by atoms with van der Waals surface area (Å²) in [6, 6.07) is 14.6. The first kappa shape index (κ1) is 14.2. The molecule has 0 saturated carbocycles. The highest BCUT2D eigenvalue weighted by Gasteiger charge is 2.06. The minimum Gasteiger partial charge on any atom is -0.507 e. The van der Waals surface area contributed by atoms with Crippen LogP contribution in [0.15, 0.2) is 53.4 Å². The second-order valence-corrected chi connectivity index (χ2v) is 6.07. The molecule has 2 rings (SSSR count). The molecule has 0 saturated heterocycles. The van der Waals surface area contributed by atoms with E-state index in [9.17, 15) is 9.90 Å². The van der Waals surface area contributed by atoms with Crippen LogP contribution in [-0.4, -0.2) is 16.8 Å². The van der Waals surface area contributed by atoms with E-state index in [1.54, 1.807) is 18.2 Å². The molecular formula is C14H12INO2S. The number of aromatic hydroxyl groups is 1. The summed E-state index contributed by atoms with van der Waals surface area (Å²) in [4.78, 5) is 12.5. The van der Waals surface area contributed by atoms with Crippen LogP contribution < -0.4 is 5.32 Å². The van der Waals surface area contributed by atoms with Gasteiger partial charge in [-0.05, 0) is 59.0 Å². The Labute approximate surface area is 129 Å². The first-order chi connectivity index (χ1) is 9.15. The molecule has 98 valence electrons. The van der Waals surface area contributed by atoms with Gasteiger partial charge in [-0.1, -0.05) is 12.1 Å². The molecule has 2 aromatic carbocycles. The molecule has 1 amide bonds. The minimum absolute atomic E-state index is 0.0885. The third-order valence-corrected chi connectivity index (χ3v) is 4.13. The van der Waals surface area contributed by atoms with Gasteiger partial charge in [-0.25, -0.2) is 0 Å². The van der Waals surface area contributed by atoms with Crippen molar-refractivity contribution >= 4 is 45.9 Å². The van der Waals surface area contributed by atoms with E-state index in [4.69, 9.17) is 0 Å². The van der Waals surface area contributed by atoms with E-state index in [1.165, 1.54) is 11.8 Å². The van der Waals surface area contributed by atoms with Crippen molar-refractivity contribution in [1.29, 1.82) is 0 Å². The molecule has 0 aliphatic heterocycles. The highest BCUT2D eigenvalue weighted by Crippen LogP contribution is 2.27. The molecule has 0 heterocycles. The lowest BCUT2D eigenvalue weighted by atomic mass is 10.3. The van der Waals surface area contributed by atoms with Gasteiger partial charge in [-0.15, -0.1) is 11.8 Å². The fourth-order valence-corrected chi connectivity index (χ4v) is 2.56. The van der Waals surface area contributed by atoms with Gasteiger partial charge in [-0.2, -0.15) is 0 Å². The molecule has 3 nitrogen and oxygen atoms in total. The monoisotopic (exact) mass is 385 g/mol. The smallest absolute Gasteiger partial charge is 0.234 e. The van der Waals surface area contributed by atoms with E-state index >= 15 is 0 Å². The van der Waals surface area contributed by atoms with Crippen molar-refractivity contribution in [2.24, 2.45) is 0 Å². The van der Waals surface area contributed by atoms with Crippen LogP contribution in [0.5, 0.6) is 5.75 Å². The number of amides is 1. The van der Waals surface area contributed by atoms with E-state index in [0.717, 1.165) is 9.26 Å². The molecule has 2 N–H and O–H groups in total. The second kappa shape index (κ2) is 6.81. The quantitative estimate of drug-likeness (QED) is 0.623. The SMILES string of the molecule is O=C(CSc1ccccc1O)Nc1ccc(I)cc1. The molecule has 0 atom stereocenters. The Kier molecular flexibility index (Phi) is 5.09. The number of hydrogen-bond donors (Lipinski definition) is 2. The maximum absolute atomic E-state index is 11.8. The van der Waals surface area contributed by atoms with E-state index in [0.29, 0.717) is 4.90 Å². The number of para-hydroxylation sites is 1. The highest BCUT2D eigenvalue weighted by molar-refractivity contribution is 14.1. The molecule has 0 unspecified atom stereocenters. The van der Waals surface area contributed by atoms with Crippen LogP contribution in [0.1, 0.15) is 0 Å². The van der Waals surface area contributed by atoms with Crippen LogP contribution in [-0.2, 0) is 4.79 Å². The summed E-state index contributed by atoms with van der Waals surface area (Å²) in [5.74, 6) is 0.382. The lowest BCUT2D eigenvalue weighted by Crippen LogP contribution is -2.13. The number of benzene rings is 2. The molecule has 2 aromatic rings. The number of carbonyl (C=O) groups excluding carboxylic acids is 1. The summed E-state index contributed by atoms with van der Waals surface area (Å²) in [5.41, 5.74) is 0.781. The Morgan fingerprint density at radius 1 is 1.16 bits per heavy atom. The number of phenolic OH excluding ortho intramolecular Hbond substituents is 1. The fraction of sp³-hybridized carbons (Fsp3) is 0.0714. The molecule has 19 heavy (non-hydrogen) atoms. The Morgan fingerprint density at radius 3 is 2.53 bits per heavy atom. The first-order valence-electron chi connectivity index (χ1n) is 5.61. The molecule has 0 aromatic heterocycles. The summed E-state index contributed by atoms with van der Waals surface area (Å²) in [5, 5.41) is 12.4. The van der Waals surface area contributed by atoms with Crippen molar-refractivity contribution in [2.75, 3.05) is 11.1 Å². The molecule has 5 heteroatoms. The Morgan fingerprint density at radius 2 is 1.84 bits per heavy atom. The Bertz CT molecular complexity index is 572. The van der Waals surface area contributed by atoms with Gasteiger partial charge in [0.05, 0.1) is 5.75 Å². The van der Waals surface area contributed by atoms with Crippen LogP contribution in [0.4, 0.5) is 5.69 Å². The topological polar surface area (TPSA) is 49.3 Å². The van der Waals surface area contributed by atoms with Crippen molar-refractivity contribution in [1.82, 2.24) is 0 Å². The van der Waals surface area contributed by atoms with Crippen LogP contribution in [0, 0.1) is 3.57 Å². The van der Waals surface area contributed by atoms with Gasteiger partial charge < -0.3 is 10.4 Å². The largest absolute Gasteiger partial charge is 0.507 e. The van der Waals surface area contributed by atoms with Crippen LogP contribution in [0.2, 0.25) is 0 Å². The van der Waals surface area contributed by atoms with Crippen molar-refractivity contribution in [2.45, 2.75) is 4.90 Å². The summed E-state index contributed by atoms with van der Waals surface area (Å²) in [7, 11) is 0. The third-order valence-electron chi connectivity index (χ3n) is 2.35. The van der Waals surface area contributed by atoms with Crippen LogP contribution in [0.25, 0.3) is 0 Å². The van der Waals surface area contributed by atoms with Gasteiger partial charge in [-0.3, -0.25) is 4.79 Å². The lowest BCUT2D eigenvalue weighted by molar-refractivity contribution is -0.113. The minimum atomic E-state index is -0.0885. The van der Waals surface area contributed by atoms with Gasteiger partial charge in [0, 0.05) is 14.2 Å². The second-order valence-electron chi connectivity index (χ2n) is 3.81. The van der Waals surface area contributed by atoms with Gasteiger partial charge in [0.15, 0.2) is 0 Å². The van der Waals surface area contributed by atoms with E-state index in [1.807, 2.05) is 30.3 Å². The number of hydrogen-bond acceptors (Lipinski definition) is 3. The zero-order chi connectivity index (χ0) is 13.7. The van der Waals surface area contributed by atoms with Gasteiger partial charge in [0.2, 0.25) is 5.91 Å². The van der Waals surface area contributed by atoms with E-state index in [-0.39, 0.29) is 17.4 Å². The normalized spacial score (nSPS) is 10.2. The zero-order valence-corrected chi connectivity index (χ0v) is 12.9. The number of rotatable bonds is 4. The Hall–Kier alpha value is -1.21. The van der Waals surface area contributed by atoms with Gasteiger partial charge in [0.1, 0.15) is 5.75 Å². The number of thioether (sulfide) groups is 1. The van der Waals surface area contributed by atoms with E-state index in [2.05, 4.69) is 27.9 Å². The molecule has 0 aliphatic carbocycles. The number of anilines is 1. The maximum atomic E-state index is 11.8. The number of carbonyl (C=O) groups is 1. The average Bonchev–Trinajstić information content (AvgIpc) is 2.40. The summed E-state index contributed by atoms with van der Waals surface area (Å²) >= 11 is 3.53. The predicted octanol–water partition coefficient (Wildman–Crippen LogP) is 3.73. The summed E-state index contributed by atoms with van der Waals surface area (Å²) < 4.78 is 1.12. The van der Waals surface area contributed by atoms with Gasteiger partial charge >= 0.3 is 0 Å². The number of nitrogens with one attached hydrogen (secondary N) is 1. The fourth-order valence-electron chi connectivity index (χ4n) is 1.45. The summed E-state index contributed by atoms with van der Waals surface area (Å²) in [6.45, 7) is 0. The zero-order valence-electron chi connectivity index (χ0n) is 9.97. The standard InChI is InChI=1S/C14H12INO2S/c15-10-5-7-11(8-6-10)16-14(18)9-19-13-4-2-1-3-12(13)17/h1-8,17H,9H2,(H,16,18). The lowest BCUT2D eigenvalue weighted by Gasteiger charge is -2.06. The Balaban J connectivity index is 1.88. The molecule has 0 radical (unpaired) electrons. The molecule has 0 spiro atoms. The van der Waals surface area contributed by atoms with Gasteiger partial charge in [0.25, 0.3) is 0 Å². The first-order valence-corrected chi connectivity index (χ1v) is 7.68. The van der Waals surface area contributed by atoms with Crippen molar-refractivity contribution in [3.8, 4) is 5.75 Å². The predicted molar refractivity (Wildman–Crippen MR) is 86.6 cm³/mol. The molecule has 0 fully saturated rings. The molecule has 0 bridgehead atoms. The van der Waals surface area contributed by atoms with Crippen LogP contribution >= 0.6 is 34.4 Å². The van der Waals surface area contributed by atoms with Crippen molar-refractivity contribution in [3.05, 3.63) is 52.1 Å². The maximum Gasteiger partial charge on any atom is 0.234 e. The summed E-state index contributed by atoms with van der Waals surface area (Å²) in [6.07, 6.45) is 0. The van der Waals surface area contributed by atoms with Crippen LogP contribution in [0.3, 0.4) is 0 Å².